The van der Waals surface area contributed by atoms with Crippen LogP contribution in [0.5, 0.6) is 5.75 Å². The summed E-state index contributed by atoms with van der Waals surface area (Å²) in [5.74, 6) is 0.689. The van der Waals surface area contributed by atoms with Gasteiger partial charge in [-0.1, -0.05) is 13.8 Å². The lowest BCUT2D eigenvalue weighted by atomic mass is 9.99. The number of hydrogen-bond donors (Lipinski definition) is 1. The number of fused-ring (bicyclic) bond motifs is 1. The summed E-state index contributed by atoms with van der Waals surface area (Å²) in [4.78, 5) is 43.7. The molecular weight excluding hydrogens is 551 g/mol. The molecule has 3 aromatic heterocycles. The van der Waals surface area contributed by atoms with E-state index in [1.807, 2.05) is 38.7 Å². The number of carbonyl (C=O) groups is 1. The Morgan fingerprint density at radius 2 is 1.91 bits per heavy atom. The Kier molecular flexibility index (Phi) is 7.27. The van der Waals surface area contributed by atoms with Crippen LogP contribution in [0.15, 0.2) is 41.3 Å². The second-order valence-corrected chi connectivity index (χ2v) is 11.8. The number of benzene rings is 1. The van der Waals surface area contributed by atoms with E-state index in [1.54, 1.807) is 16.8 Å². The maximum atomic E-state index is 14.2. The quantitative estimate of drug-likeness (QED) is 0.316. The van der Waals surface area contributed by atoms with Crippen LogP contribution in [0.2, 0.25) is 0 Å². The Morgan fingerprint density at radius 1 is 1.14 bits per heavy atom. The van der Waals surface area contributed by atoms with Crippen LogP contribution < -0.4 is 15.3 Å². The van der Waals surface area contributed by atoms with E-state index < -0.39 is 17.6 Å². The minimum absolute atomic E-state index is 0.0167. The van der Waals surface area contributed by atoms with Crippen molar-refractivity contribution in [3.05, 3.63) is 69.7 Å². The molecule has 6 rings (SSSR count). The first kappa shape index (κ1) is 28.6. The highest BCUT2D eigenvalue weighted by molar-refractivity contribution is 5.92. The van der Waals surface area contributed by atoms with Crippen LogP contribution in [-0.4, -0.2) is 68.4 Å². The van der Waals surface area contributed by atoms with E-state index in [-0.39, 0.29) is 24.4 Å². The van der Waals surface area contributed by atoms with Crippen LogP contribution in [0.1, 0.15) is 62.3 Å². The van der Waals surface area contributed by atoms with Crippen molar-refractivity contribution < 1.29 is 19.0 Å². The number of aryl methyl sites for hydroxylation is 1. The molecule has 4 heterocycles. The third-order valence-electron chi connectivity index (χ3n) is 8.41. The highest BCUT2D eigenvalue weighted by atomic mass is 19.1. The van der Waals surface area contributed by atoms with Crippen LogP contribution in [0.3, 0.4) is 0 Å². The van der Waals surface area contributed by atoms with Gasteiger partial charge < -0.3 is 19.6 Å². The molecule has 1 aliphatic heterocycles. The third-order valence-corrected chi connectivity index (χ3v) is 8.41. The summed E-state index contributed by atoms with van der Waals surface area (Å²) in [6.45, 7) is 8.88. The zero-order chi connectivity index (χ0) is 30.6. The van der Waals surface area contributed by atoms with Gasteiger partial charge >= 0.3 is 11.8 Å². The molecule has 2 fully saturated rings. The lowest BCUT2D eigenvalue weighted by Crippen LogP contribution is -2.54. The number of hydrogen-bond acceptors (Lipinski definition) is 7. The number of nitrogens with zero attached hydrogens (tertiary/aromatic N) is 6. The predicted molar refractivity (Wildman–Crippen MR) is 162 cm³/mol. The summed E-state index contributed by atoms with van der Waals surface area (Å²) < 4.78 is 21.4. The molecule has 1 aromatic carbocycles. The number of aromatic nitrogens is 4. The fourth-order valence-electron chi connectivity index (χ4n) is 6.08. The average molecular weight is 587 g/mol. The number of methoxy groups -OCH3 is 1. The van der Waals surface area contributed by atoms with E-state index in [4.69, 9.17) is 9.72 Å². The van der Waals surface area contributed by atoms with Crippen molar-refractivity contribution in [2.75, 3.05) is 31.6 Å². The summed E-state index contributed by atoms with van der Waals surface area (Å²) >= 11 is 0. The number of halogens is 1. The average Bonchev–Trinajstić information content (AvgIpc) is 3.82. The van der Waals surface area contributed by atoms with E-state index in [2.05, 4.69) is 16.0 Å². The number of ether oxygens (including phenoxy) is 1. The first-order valence-electron chi connectivity index (χ1n) is 14.6. The van der Waals surface area contributed by atoms with Gasteiger partial charge in [0.05, 0.1) is 29.6 Å². The van der Waals surface area contributed by atoms with Gasteiger partial charge in [0.2, 0.25) is 0 Å². The zero-order valence-electron chi connectivity index (χ0n) is 25.0. The number of carboxylic acid groups (broad SMARTS) is 1. The van der Waals surface area contributed by atoms with Gasteiger partial charge in [-0.3, -0.25) is 4.98 Å². The molecule has 43 heavy (non-hydrogen) atoms. The van der Waals surface area contributed by atoms with Crippen LogP contribution >= 0.6 is 0 Å². The van der Waals surface area contributed by atoms with Gasteiger partial charge in [-0.15, -0.1) is 0 Å². The molecule has 1 N–H and O–H groups in total. The topological polar surface area (TPSA) is 114 Å². The predicted octanol–water partition coefficient (Wildman–Crippen LogP) is 5.49. The number of rotatable bonds is 6. The smallest absolute Gasteiger partial charge is 0.407 e. The number of amides is 1. The van der Waals surface area contributed by atoms with Crippen LogP contribution in [0.25, 0.3) is 28.0 Å². The number of pyridine rings is 2. The molecular formula is C32H35FN6O4. The maximum absolute atomic E-state index is 14.2. The van der Waals surface area contributed by atoms with Crippen LogP contribution in [0.4, 0.5) is 15.0 Å². The Hall–Kier alpha value is -4.54. The Balaban J connectivity index is 1.69. The molecule has 224 valence electrons. The van der Waals surface area contributed by atoms with Gasteiger partial charge in [0.1, 0.15) is 17.4 Å². The van der Waals surface area contributed by atoms with E-state index in [1.165, 1.54) is 24.1 Å². The second kappa shape index (κ2) is 10.9. The van der Waals surface area contributed by atoms with E-state index in [0.29, 0.717) is 52.6 Å². The number of anilines is 1. The van der Waals surface area contributed by atoms with Crippen molar-refractivity contribution in [2.24, 2.45) is 0 Å². The molecule has 1 saturated carbocycles. The highest BCUT2D eigenvalue weighted by Crippen LogP contribution is 2.47. The largest absolute Gasteiger partial charge is 0.496 e. The van der Waals surface area contributed by atoms with Crippen LogP contribution in [-0.2, 0) is 0 Å². The van der Waals surface area contributed by atoms with E-state index in [0.717, 1.165) is 29.7 Å². The minimum atomic E-state index is -0.969. The standard InChI is InChI=1S/C32H35FN6O4/c1-17(2)26-28(18(3)10-11-34-26)39-30-24(29(36-31(39)40)38-13-12-37(32(41)42)16-19(38)4)15-23(20-6-7-20)27(35-30)22-9-8-21(33)14-25(22)43-5/h8-11,14-15,17,19-20H,6-7,12-13,16H2,1-5H3,(H,41,42). The van der Waals surface area contributed by atoms with Gasteiger partial charge in [0.25, 0.3) is 0 Å². The van der Waals surface area contributed by atoms with Crippen molar-refractivity contribution in [3.63, 3.8) is 0 Å². The Morgan fingerprint density at radius 3 is 2.56 bits per heavy atom. The molecule has 1 atom stereocenters. The molecule has 1 amide bonds. The Bertz CT molecular complexity index is 1800. The highest BCUT2D eigenvalue weighted by Gasteiger charge is 2.34. The monoisotopic (exact) mass is 586 g/mol. The molecule has 1 saturated heterocycles. The maximum Gasteiger partial charge on any atom is 0.407 e. The van der Waals surface area contributed by atoms with Gasteiger partial charge in [-0.25, -0.2) is 23.5 Å². The molecule has 0 radical (unpaired) electrons. The second-order valence-electron chi connectivity index (χ2n) is 11.8. The molecule has 4 aromatic rings. The van der Waals surface area contributed by atoms with Crippen molar-refractivity contribution in [3.8, 4) is 22.7 Å². The number of piperazine rings is 1. The van der Waals surface area contributed by atoms with Crippen LogP contribution in [0, 0.1) is 12.7 Å². The molecule has 0 spiro atoms. The summed E-state index contributed by atoms with van der Waals surface area (Å²) in [6, 6.07) is 8.10. The fraction of sp³-hybridized carbons (Fsp3) is 0.406. The Labute approximate surface area is 248 Å². The van der Waals surface area contributed by atoms with Gasteiger partial charge in [0.15, 0.2) is 5.65 Å². The molecule has 1 unspecified atom stereocenters. The van der Waals surface area contributed by atoms with Crippen molar-refractivity contribution >= 4 is 22.9 Å². The van der Waals surface area contributed by atoms with Gasteiger partial charge in [-0.05, 0) is 73.9 Å². The summed E-state index contributed by atoms with van der Waals surface area (Å²) in [6.07, 6.45) is 2.74. The molecule has 10 nitrogen and oxygen atoms in total. The molecule has 2 aliphatic rings. The van der Waals surface area contributed by atoms with Crippen molar-refractivity contribution in [1.29, 1.82) is 0 Å². The first-order valence-corrected chi connectivity index (χ1v) is 14.6. The lowest BCUT2D eigenvalue weighted by molar-refractivity contribution is 0.136. The molecule has 11 heteroatoms. The molecule has 0 bridgehead atoms. The van der Waals surface area contributed by atoms with E-state index in [9.17, 15) is 19.1 Å². The summed E-state index contributed by atoms with van der Waals surface area (Å²) in [5, 5.41) is 10.3. The van der Waals surface area contributed by atoms with Crippen molar-refractivity contribution in [2.45, 2.75) is 58.4 Å². The van der Waals surface area contributed by atoms with E-state index >= 15 is 0 Å². The van der Waals surface area contributed by atoms with Crippen molar-refractivity contribution in [1.82, 2.24) is 24.4 Å². The fourth-order valence-corrected chi connectivity index (χ4v) is 6.08. The third kappa shape index (κ3) is 5.06. The normalized spacial score (nSPS) is 17.1. The SMILES string of the molecule is COc1cc(F)ccc1-c1nc2c(cc1C1CC1)c(N1CCN(C(=O)O)CC1C)nc(=O)n2-c1c(C)ccnc1C(C)C. The molecule has 1 aliphatic carbocycles. The summed E-state index contributed by atoms with van der Waals surface area (Å²) in [5.41, 5.74) is 4.40. The minimum Gasteiger partial charge on any atom is -0.496 e. The zero-order valence-corrected chi connectivity index (χ0v) is 25.0. The van der Waals surface area contributed by atoms with Gasteiger partial charge in [0, 0.05) is 43.5 Å². The van der Waals surface area contributed by atoms with Gasteiger partial charge in [-0.2, -0.15) is 4.98 Å². The summed E-state index contributed by atoms with van der Waals surface area (Å²) in [7, 11) is 1.50. The lowest BCUT2D eigenvalue weighted by Gasteiger charge is -2.39. The first-order chi connectivity index (χ1) is 20.6.